The SMILES string of the molecule is CCOS(=O)(=O)O.CC[P+](OC)(OC)OC. The van der Waals surface area contributed by atoms with E-state index in [2.05, 4.69) is 4.18 Å². The van der Waals surface area contributed by atoms with Crippen LogP contribution in [0.4, 0.5) is 0 Å². The Morgan fingerprint density at radius 2 is 1.44 bits per heavy atom. The minimum Gasteiger partial charge on any atom is -0.264 e. The van der Waals surface area contributed by atoms with E-state index in [9.17, 15) is 8.42 Å². The highest BCUT2D eigenvalue weighted by molar-refractivity contribution is 7.80. The average Bonchev–Trinajstić information content (AvgIpc) is 2.21. The zero-order valence-corrected chi connectivity index (χ0v) is 11.9. The number of rotatable bonds is 6. The van der Waals surface area contributed by atoms with Gasteiger partial charge in [-0.25, -0.2) is 4.18 Å². The molecular formula is C7H20O7PS+. The van der Waals surface area contributed by atoms with Gasteiger partial charge < -0.3 is 0 Å². The molecule has 0 saturated heterocycles. The first kappa shape index (κ1) is 18.5. The first-order chi connectivity index (χ1) is 7.30. The van der Waals surface area contributed by atoms with Gasteiger partial charge in [-0.05, 0) is 13.8 Å². The van der Waals surface area contributed by atoms with Crippen LogP contribution in [-0.4, -0.2) is 47.1 Å². The lowest BCUT2D eigenvalue weighted by atomic mass is 10.9. The normalized spacial score (nSPS) is 11.9. The summed E-state index contributed by atoms with van der Waals surface area (Å²) in [5, 5.41) is 0. The Morgan fingerprint density at radius 3 is 1.44 bits per heavy atom. The van der Waals surface area contributed by atoms with Gasteiger partial charge in [0.1, 0.15) is 6.16 Å². The predicted octanol–water partition coefficient (Wildman–Crippen LogP) is 1.53. The van der Waals surface area contributed by atoms with Crippen molar-refractivity contribution in [3.63, 3.8) is 0 Å². The lowest BCUT2D eigenvalue weighted by molar-refractivity contribution is 0.212. The Labute approximate surface area is 97.6 Å². The summed E-state index contributed by atoms with van der Waals surface area (Å²) in [6.07, 6.45) is 0.788. The molecule has 0 heterocycles. The summed E-state index contributed by atoms with van der Waals surface area (Å²) in [5.41, 5.74) is 0. The van der Waals surface area contributed by atoms with E-state index in [1.54, 1.807) is 21.3 Å². The Balaban J connectivity index is 0. The minimum absolute atomic E-state index is 0.0289. The highest BCUT2D eigenvalue weighted by atomic mass is 32.3. The number of hydrogen-bond donors (Lipinski definition) is 1. The maximum absolute atomic E-state index is 9.56. The smallest absolute Gasteiger partial charge is 0.264 e. The second-order valence-electron chi connectivity index (χ2n) is 2.31. The molecule has 16 heavy (non-hydrogen) atoms. The van der Waals surface area contributed by atoms with Crippen LogP contribution < -0.4 is 0 Å². The Morgan fingerprint density at radius 1 is 1.06 bits per heavy atom. The van der Waals surface area contributed by atoms with Crippen LogP contribution in [0, 0.1) is 0 Å². The average molecular weight is 279 g/mol. The Bertz CT molecular complexity index is 232. The van der Waals surface area contributed by atoms with Gasteiger partial charge in [0.05, 0.1) is 27.9 Å². The molecule has 0 aromatic rings. The van der Waals surface area contributed by atoms with Crippen molar-refractivity contribution in [2.24, 2.45) is 0 Å². The van der Waals surface area contributed by atoms with Crippen LogP contribution in [0.2, 0.25) is 0 Å². The first-order valence-corrected chi connectivity index (χ1v) is 7.57. The molecule has 0 radical (unpaired) electrons. The van der Waals surface area contributed by atoms with Gasteiger partial charge in [0, 0.05) is 0 Å². The molecule has 0 rings (SSSR count). The number of hydrogen-bond acceptors (Lipinski definition) is 6. The molecule has 0 aromatic heterocycles. The van der Waals surface area contributed by atoms with Gasteiger partial charge in [0.15, 0.2) is 0 Å². The standard InChI is InChI=1S/C5H14O3P.C2H6O4S/c1-5-9(6-2,7-3)8-4;1-2-6-7(3,4)5/h5H2,1-4H3;2H2,1H3,(H,3,4,5)/q+1;. The lowest BCUT2D eigenvalue weighted by Crippen LogP contribution is -2.02. The van der Waals surface area contributed by atoms with Crippen molar-refractivity contribution in [3.05, 3.63) is 0 Å². The van der Waals surface area contributed by atoms with E-state index in [-0.39, 0.29) is 6.61 Å². The minimum atomic E-state index is -4.17. The molecule has 0 atom stereocenters. The van der Waals surface area contributed by atoms with Crippen molar-refractivity contribution in [1.29, 1.82) is 0 Å². The molecule has 7 nitrogen and oxygen atoms in total. The Kier molecular flexibility index (Phi) is 10.7. The lowest BCUT2D eigenvalue weighted by Gasteiger charge is -2.14. The van der Waals surface area contributed by atoms with Crippen LogP contribution in [0.3, 0.4) is 0 Å². The monoisotopic (exact) mass is 279 g/mol. The maximum atomic E-state index is 9.56. The fourth-order valence-electron chi connectivity index (χ4n) is 0.760. The highest BCUT2D eigenvalue weighted by Crippen LogP contribution is 2.59. The molecule has 100 valence electrons. The van der Waals surface area contributed by atoms with Crippen molar-refractivity contribution >= 4 is 18.3 Å². The van der Waals surface area contributed by atoms with E-state index >= 15 is 0 Å². The van der Waals surface area contributed by atoms with E-state index < -0.39 is 18.3 Å². The molecule has 1 N–H and O–H groups in total. The maximum Gasteiger partial charge on any atom is 0.410 e. The molecule has 0 bridgehead atoms. The first-order valence-electron chi connectivity index (χ1n) is 4.47. The summed E-state index contributed by atoms with van der Waals surface area (Å²) in [6.45, 7) is 3.41. The third-order valence-electron chi connectivity index (χ3n) is 1.49. The van der Waals surface area contributed by atoms with Gasteiger partial charge >= 0.3 is 18.3 Å². The third-order valence-corrected chi connectivity index (χ3v) is 4.47. The van der Waals surface area contributed by atoms with Crippen molar-refractivity contribution in [3.8, 4) is 0 Å². The van der Waals surface area contributed by atoms with E-state index in [0.717, 1.165) is 6.16 Å². The second-order valence-corrected chi connectivity index (χ2v) is 6.35. The van der Waals surface area contributed by atoms with Crippen LogP contribution in [-0.2, 0) is 28.2 Å². The van der Waals surface area contributed by atoms with Crippen LogP contribution in [0.1, 0.15) is 13.8 Å². The van der Waals surface area contributed by atoms with E-state index in [1.165, 1.54) is 6.92 Å². The van der Waals surface area contributed by atoms with Crippen LogP contribution in [0.5, 0.6) is 0 Å². The van der Waals surface area contributed by atoms with Gasteiger partial charge in [-0.2, -0.15) is 22.0 Å². The largest absolute Gasteiger partial charge is 0.410 e. The molecule has 0 saturated carbocycles. The molecule has 0 aliphatic rings. The van der Waals surface area contributed by atoms with Gasteiger partial charge in [-0.3, -0.25) is 4.55 Å². The highest BCUT2D eigenvalue weighted by Gasteiger charge is 2.38. The van der Waals surface area contributed by atoms with Crippen LogP contribution in [0.15, 0.2) is 0 Å². The summed E-state index contributed by atoms with van der Waals surface area (Å²) in [4.78, 5) is 0. The van der Waals surface area contributed by atoms with Gasteiger partial charge in [-0.1, -0.05) is 0 Å². The predicted molar refractivity (Wildman–Crippen MR) is 61.7 cm³/mol. The van der Waals surface area contributed by atoms with Gasteiger partial charge in [0.25, 0.3) is 0 Å². The van der Waals surface area contributed by atoms with Crippen LogP contribution >= 0.6 is 7.94 Å². The molecule has 9 heteroatoms. The van der Waals surface area contributed by atoms with E-state index in [0.29, 0.717) is 0 Å². The van der Waals surface area contributed by atoms with E-state index in [4.69, 9.17) is 18.1 Å². The quantitative estimate of drug-likeness (QED) is 0.582. The summed E-state index contributed by atoms with van der Waals surface area (Å²) < 4.78 is 45.8. The Hall–Kier alpha value is 0.180. The molecule has 0 amide bonds. The van der Waals surface area contributed by atoms with Crippen molar-refractivity contribution in [2.75, 3.05) is 34.1 Å². The fraction of sp³-hybridized carbons (Fsp3) is 1.00. The zero-order valence-electron chi connectivity index (χ0n) is 10.2. The molecule has 0 unspecified atom stereocenters. The third kappa shape index (κ3) is 9.41. The molecule has 0 aliphatic carbocycles. The fourth-order valence-corrected chi connectivity index (χ4v) is 2.28. The zero-order chi connectivity index (χ0) is 13.2. The molecule has 0 aliphatic heterocycles. The molecule has 0 spiro atoms. The molecule has 0 fully saturated rings. The molecule has 0 aromatic carbocycles. The topological polar surface area (TPSA) is 91.3 Å². The van der Waals surface area contributed by atoms with Crippen molar-refractivity contribution in [1.82, 2.24) is 0 Å². The van der Waals surface area contributed by atoms with Gasteiger partial charge in [-0.15, -0.1) is 0 Å². The van der Waals surface area contributed by atoms with Crippen molar-refractivity contribution < 1.29 is 30.7 Å². The van der Waals surface area contributed by atoms with Crippen LogP contribution in [0.25, 0.3) is 0 Å². The summed E-state index contributed by atoms with van der Waals surface area (Å²) >= 11 is 0. The summed E-state index contributed by atoms with van der Waals surface area (Å²) in [6, 6.07) is 0. The summed E-state index contributed by atoms with van der Waals surface area (Å²) in [5.74, 6) is 0. The van der Waals surface area contributed by atoms with Crippen molar-refractivity contribution in [2.45, 2.75) is 13.8 Å². The van der Waals surface area contributed by atoms with Gasteiger partial charge in [0.2, 0.25) is 0 Å². The second kappa shape index (κ2) is 9.23. The van der Waals surface area contributed by atoms with E-state index in [1.807, 2.05) is 6.92 Å². The molecular weight excluding hydrogens is 259 g/mol. The summed E-state index contributed by atoms with van der Waals surface area (Å²) in [7, 11) is -1.29.